The number of hydrogen-bond acceptors (Lipinski definition) is 3. The van der Waals surface area contributed by atoms with Gasteiger partial charge in [0.2, 0.25) is 5.78 Å². The minimum atomic E-state index is -0.0904. The highest BCUT2D eigenvalue weighted by Crippen LogP contribution is 2.18. The Morgan fingerprint density at radius 3 is 2.43 bits per heavy atom. The lowest BCUT2D eigenvalue weighted by Crippen LogP contribution is -2.01. The molecule has 2 aromatic carbocycles. The van der Waals surface area contributed by atoms with Crippen LogP contribution in [0.1, 0.15) is 16.1 Å². The Morgan fingerprint density at radius 2 is 1.76 bits per heavy atom. The Balaban J connectivity index is 1.87. The Bertz CT molecular complexity index is 746. The van der Waals surface area contributed by atoms with E-state index in [2.05, 4.69) is 9.97 Å². The molecule has 4 heteroatoms. The van der Waals surface area contributed by atoms with Crippen LogP contribution in [0.2, 0.25) is 0 Å². The third kappa shape index (κ3) is 2.69. The maximum Gasteiger partial charge on any atom is 0.210 e. The van der Waals surface area contributed by atoms with Crippen LogP contribution in [0.15, 0.2) is 60.8 Å². The van der Waals surface area contributed by atoms with Crippen LogP contribution in [0.3, 0.4) is 0 Å². The topological polar surface area (TPSA) is 55.0 Å². The number of carbonyl (C=O) groups is 1. The molecule has 0 atom stereocenters. The molecule has 0 aliphatic carbocycles. The van der Waals surface area contributed by atoms with Crippen molar-refractivity contribution in [3.05, 3.63) is 72.1 Å². The van der Waals surface area contributed by atoms with Gasteiger partial charge in [-0.25, -0.2) is 4.98 Å². The van der Waals surface area contributed by atoms with Crippen LogP contribution in [0, 0.1) is 0 Å². The van der Waals surface area contributed by atoms with E-state index in [0.717, 1.165) is 11.3 Å². The number of carbonyl (C=O) groups excluding carboxylic acids is 1. The number of imidazole rings is 1. The number of ether oxygens (including phenoxy) is 1. The number of ketones is 1. The average Bonchev–Trinajstić information content (AvgIpc) is 3.05. The van der Waals surface area contributed by atoms with Crippen molar-refractivity contribution in [3.8, 4) is 17.1 Å². The number of benzene rings is 2. The van der Waals surface area contributed by atoms with Gasteiger partial charge in [-0.2, -0.15) is 0 Å². The molecule has 4 nitrogen and oxygen atoms in total. The van der Waals surface area contributed by atoms with E-state index in [1.165, 1.54) is 0 Å². The summed E-state index contributed by atoms with van der Waals surface area (Å²) >= 11 is 0. The first-order chi connectivity index (χ1) is 10.3. The van der Waals surface area contributed by atoms with E-state index in [4.69, 9.17) is 4.74 Å². The lowest BCUT2D eigenvalue weighted by atomic mass is 10.1. The molecular weight excluding hydrogens is 264 g/mol. The van der Waals surface area contributed by atoms with E-state index in [9.17, 15) is 4.79 Å². The van der Waals surface area contributed by atoms with Crippen LogP contribution in [0.4, 0.5) is 0 Å². The van der Waals surface area contributed by atoms with Gasteiger partial charge in [0, 0.05) is 11.1 Å². The molecule has 3 rings (SSSR count). The summed E-state index contributed by atoms with van der Waals surface area (Å²) in [4.78, 5) is 19.7. The number of aromatic amines is 1. The molecule has 0 amide bonds. The summed E-state index contributed by atoms with van der Waals surface area (Å²) in [5, 5.41) is 0. The van der Waals surface area contributed by atoms with Crippen LogP contribution in [-0.4, -0.2) is 22.9 Å². The van der Waals surface area contributed by atoms with Gasteiger partial charge in [-0.1, -0.05) is 30.3 Å². The Morgan fingerprint density at radius 1 is 1.05 bits per heavy atom. The monoisotopic (exact) mass is 278 g/mol. The summed E-state index contributed by atoms with van der Waals surface area (Å²) in [6.45, 7) is 0. The van der Waals surface area contributed by atoms with Crippen LogP contribution in [0.5, 0.6) is 5.75 Å². The van der Waals surface area contributed by atoms with Crippen LogP contribution >= 0.6 is 0 Å². The summed E-state index contributed by atoms with van der Waals surface area (Å²) in [6.07, 6.45) is 1.56. The number of rotatable bonds is 4. The molecular formula is C17H14N2O2. The highest BCUT2D eigenvalue weighted by atomic mass is 16.5. The Hall–Kier alpha value is -2.88. The number of nitrogens with zero attached hydrogens (tertiary/aromatic N) is 1. The van der Waals surface area contributed by atoms with Gasteiger partial charge in [-0.05, 0) is 24.3 Å². The van der Waals surface area contributed by atoms with Crippen molar-refractivity contribution in [2.75, 3.05) is 7.11 Å². The van der Waals surface area contributed by atoms with Crippen LogP contribution in [0.25, 0.3) is 11.4 Å². The second kappa shape index (κ2) is 5.63. The van der Waals surface area contributed by atoms with E-state index < -0.39 is 0 Å². The SMILES string of the molecule is COc1ccc(C(=O)c2cnc(-c3ccccc3)[nH]2)cc1. The van der Waals surface area contributed by atoms with Gasteiger partial charge in [-0.15, -0.1) is 0 Å². The smallest absolute Gasteiger partial charge is 0.210 e. The first-order valence-electron chi connectivity index (χ1n) is 6.57. The zero-order chi connectivity index (χ0) is 14.7. The number of H-pyrrole nitrogens is 1. The normalized spacial score (nSPS) is 10.3. The lowest BCUT2D eigenvalue weighted by molar-refractivity contribution is 0.103. The van der Waals surface area contributed by atoms with E-state index in [1.54, 1.807) is 37.6 Å². The molecule has 0 saturated heterocycles. The molecule has 0 saturated carbocycles. The summed E-state index contributed by atoms with van der Waals surface area (Å²) < 4.78 is 5.09. The van der Waals surface area contributed by atoms with Crippen molar-refractivity contribution in [1.82, 2.24) is 9.97 Å². The molecule has 104 valence electrons. The van der Waals surface area contributed by atoms with Crippen LogP contribution in [-0.2, 0) is 0 Å². The van der Waals surface area contributed by atoms with E-state index >= 15 is 0 Å². The second-order valence-corrected chi connectivity index (χ2v) is 4.57. The predicted octanol–water partition coefficient (Wildman–Crippen LogP) is 3.32. The van der Waals surface area contributed by atoms with Crippen molar-refractivity contribution in [2.45, 2.75) is 0 Å². The lowest BCUT2D eigenvalue weighted by Gasteiger charge is -2.01. The zero-order valence-electron chi connectivity index (χ0n) is 11.5. The summed E-state index contributed by atoms with van der Waals surface area (Å²) in [5.74, 6) is 1.32. The number of methoxy groups -OCH3 is 1. The molecule has 0 bridgehead atoms. The van der Waals surface area contributed by atoms with Crippen molar-refractivity contribution in [1.29, 1.82) is 0 Å². The third-order valence-corrected chi connectivity index (χ3v) is 3.22. The van der Waals surface area contributed by atoms with Gasteiger partial charge in [-0.3, -0.25) is 4.79 Å². The molecule has 1 N–H and O–H groups in total. The zero-order valence-corrected chi connectivity index (χ0v) is 11.5. The quantitative estimate of drug-likeness (QED) is 0.745. The molecule has 21 heavy (non-hydrogen) atoms. The first kappa shape index (κ1) is 13.1. The van der Waals surface area contributed by atoms with Gasteiger partial charge in [0.1, 0.15) is 17.3 Å². The van der Waals surface area contributed by atoms with Crippen molar-refractivity contribution in [3.63, 3.8) is 0 Å². The number of nitrogens with one attached hydrogen (secondary N) is 1. The molecule has 0 aliphatic rings. The Labute approximate surface area is 122 Å². The van der Waals surface area contributed by atoms with Crippen molar-refractivity contribution in [2.24, 2.45) is 0 Å². The molecule has 1 heterocycles. The standard InChI is InChI=1S/C17H14N2O2/c1-21-14-9-7-12(8-10-14)16(20)15-11-18-17(19-15)13-5-3-2-4-6-13/h2-11H,1H3,(H,18,19). The fraction of sp³-hybridized carbons (Fsp3) is 0.0588. The van der Waals surface area contributed by atoms with Gasteiger partial charge >= 0.3 is 0 Å². The van der Waals surface area contributed by atoms with Gasteiger partial charge in [0.25, 0.3) is 0 Å². The Kier molecular flexibility index (Phi) is 3.51. The average molecular weight is 278 g/mol. The largest absolute Gasteiger partial charge is 0.497 e. The molecule has 1 aromatic heterocycles. The molecule has 0 fully saturated rings. The highest BCUT2D eigenvalue weighted by Gasteiger charge is 2.13. The van der Waals surface area contributed by atoms with E-state index in [-0.39, 0.29) is 5.78 Å². The van der Waals surface area contributed by atoms with Gasteiger partial charge in [0.05, 0.1) is 13.3 Å². The van der Waals surface area contributed by atoms with Crippen LogP contribution < -0.4 is 4.74 Å². The minimum absolute atomic E-state index is 0.0904. The third-order valence-electron chi connectivity index (χ3n) is 3.22. The molecule has 0 unspecified atom stereocenters. The maximum atomic E-state index is 12.4. The van der Waals surface area contributed by atoms with Crippen molar-refractivity contribution < 1.29 is 9.53 Å². The summed E-state index contributed by atoms with van der Waals surface area (Å²) in [5.41, 5.74) is 2.02. The molecule has 3 aromatic rings. The fourth-order valence-electron chi connectivity index (χ4n) is 2.08. The van der Waals surface area contributed by atoms with E-state index in [1.807, 2.05) is 30.3 Å². The number of aromatic nitrogens is 2. The molecule has 0 spiro atoms. The maximum absolute atomic E-state index is 12.4. The minimum Gasteiger partial charge on any atom is -0.497 e. The van der Waals surface area contributed by atoms with Crippen molar-refractivity contribution >= 4 is 5.78 Å². The summed E-state index contributed by atoms with van der Waals surface area (Å²) in [7, 11) is 1.60. The molecule has 0 radical (unpaired) electrons. The highest BCUT2D eigenvalue weighted by molar-refractivity contribution is 6.07. The first-order valence-corrected chi connectivity index (χ1v) is 6.57. The fourth-order valence-corrected chi connectivity index (χ4v) is 2.08. The predicted molar refractivity (Wildman–Crippen MR) is 80.5 cm³/mol. The molecule has 0 aliphatic heterocycles. The number of hydrogen-bond donors (Lipinski definition) is 1. The van der Waals surface area contributed by atoms with Gasteiger partial charge < -0.3 is 9.72 Å². The second-order valence-electron chi connectivity index (χ2n) is 4.57. The van der Waals surface area contributed by atoms with Gasteiger partial charge in [0.15, 0.2) is 0 Å². The summed E-state index contributed by atoms with van der Waals surface area (Å²) in [6, 6.07) is 16.7. The van der Waals surface area contributed by atoms with E-state index in [0.29, 0.717) is 17.1 Å².